The Hall–Kier alpha value is -2.28. The van der Waals surface area contributed by atoms with Crippen LogP contribution in [0.3, 0.4) is 0 Å². The van der Waals surface area contributed by atoms with E-state index in [0.29, 0.717) is 21.2 Å². The summed E-state index contributed by atoms with van der Waals surface area (Å²) in [6.07, 6.45) is 1.51. The van der Waals surface area contributed by atoms with Gasteiger partial charge in [0.15, 0.2) is 0 Å². The van der Waals surface area contributed by atoms with Gasteiger partial charge in [-0.1, -0.05) is 41.4 Å². The summed E-state index contributed by atoms with van der Waals surface area (Å²) in [5, 5.41) is 9.37. The molecule has 0 aromatic heterocycles. The first-order chi connectivity index (χ1) is 12.3. The second-order valence-electron chi connectivity index (χ2n) is 5.45. The zero-order valence-electron chi connectivity index (χ0n) is 13.1. The monoisotopic (exact) mass is 407 g/mol. The Bertz CT molecular complexity index is 958. The van der Waals surface area contributed by atoms with Gasteiger partial charge in [-0.3, -0.25) is 14.5 Å². The fraction of sp³-hybridized carbons (Fsp3) is 0.0556. The van der Waals surface area contributed by atoms with Crippen molar-refractivity contribution in [3.05, 3.63) is 74.1 Å². The number of aromatic carboxylic acids is 1. The second kappa shape index (κ2) is 7.53. The van der Waals surface area contributed by atoms with Gasteiger partial charge < -0.3 is 5.11 Å². The average molecular weight is 408 g/mol. The zero-order chi connectivity index (χ0) is 18.8. The van der Waals surface area contributed by atoms with Gasteiger partial charge in [-0.05, 0) is 53.2 Å². The standard InChI is InChI=1S/C18H11Cl2NO4S/c19-13-5-4-11(7-14(13)20)9-21-16(22)15(26-18(21)25)8-10-2-1-3-12(6-10)17(23)24/h1-8H,9H2,(H,23,24)/b15-8+. The van der Waals surface area contributed by atoms with Gasteiger partial charge in [0, 0.05) is 0 Å². The van der Waals surface area contributed by atoms with Crippen molar-refractivity contribution in [2.75, 3.05) is 0 Å². The Morgan fingerprint density at radius 2 is 1.88 bits per heavy atom. The van der Waals surface area contributed by atoms with Crippen LogP contribution >= 0.6 is 35.0 Å². The highest BCUT2D eigenvalue weighted by molar-refractivity contribution is 8.18. The quantitative estimate of drug-likeness (QED) is 0.727. The molecule has 132 valence electrons. The van der Waals surface area contributed by atoms with E-state index in [9.17, 15) is 14.4 Å². The molecule has 0 aliphatic carbocycles. The van der Waals surface area contributed by atoms with Crippen LogP contribution in [0.4, 0.5) is 4.79 Å². The third-order valence-electron chi connectivity index (χ3n) is 3.63. The number of amides is 2. The van der Waals surface area contributed by atoms with Gasteiger partial charge in [0.05, 0.1) is 27.1 Å². The van der Waals surface area contributed by atoms with Crippen molar-refractivity contribution in [2.45, 2.75) is 6.54 Å². The lowest BCUT2D eigenvalue weighted by atomic mass is 10.1. The van der Waals surface area contributed by atoms with E-state index in [2.05, 4.69) is 0 Å². The summed E-state index contributed by atoms with van der Waals surface area (Å²) in [6, 6.07) is 11.0. The number of thioether (sulfide) groups is 1. The highest BCUT2D eigenvalue weighted by Crippen LogP contribution is 2.34. The third kappa shape index (κ3) is 3.93. The molecule has 2 aromatic rings. The molecule has 0 radical (unpaired) electrons. The van der Waals surface area contributed by atoms with Crippen LogP contribution < -0.4 is 0 Å². The molecular formula is C18H11Cl2NO4S. The van der Waals surface area contributed by atoms with Crippen molar-refractivity contribution in [2.24, 2.45) is 0 Å². The zero-order valence-corrected chi connectivity index (χ0v) is 15.4. The molecule has 8 heteroatoms. The molecule has 2 aromatic carbocycles. The van der Waals surface area contributed by atoms with Gasteiger partial charge in [0.1, 0.15) is 0 Å². The maximum absolute atomic E-state index is 12.5. The van der Waals surface area contributed by atoms with Crippen LogP contribution in [0, 0.1) is 0 Å². The number of carboxylic acid groups (broad SMARTS) is 1. The molecule has 1 N–H and O–H groups in total. The predicted octanol–water partition coefficient (Wildman–Crippen LogP) is 4.93. The minimum absolute atomic E-state index is 0.0774. The Labute approximate surface area is 163 Å². The van der Waals surface area contributed by atoms with Crippen molar-refractivity contribution in [3.63, 3.8) is 0 Å². The molecule has 5 nitrogen and oxygen atoms in total. The van der Waals surface area contributed by atoms with Gasteiger partial charge in [-0.25, -0.2) is 4.79 Å². The number of carbonyl (C=O) groups is 3. The number of rotatable bonds is 4. The van der Waals surface area contributed by atoms with Gasteiger partial charge >= 0.3 is 5.97 Å². The topological polar surface area (TPSA) is 74.7 Å². The van der Waals surface area contributed by atoms with Crippen LogP contribution in [-0.2, 0) is 11.3 Å². The van der Waals surface area contributed by atoms with Crippen molar-refractivity contribution in [1.29, 1.82) is 0 Å². The van der Waals surface area contributed by atoms with E-state index in [1.165, 1.54) is 18.2 Å². The van der Waals surface area contributed by atoms with E-state index in [4.69, 9.17) is 28.3 Å². The minimum atomic E-state index is -1.06. The van der Waals surface area contributed by atoms with Gasteiger partial charge in [-0.2, -0.15) is 0 Å². The maximum atomic E-state index is 12.5. The smallest absolute Gasteiger partial charge is 0.335 e. The van der Waals surface area contributed by atoms with E-state index in [1.807, 2.05) is 0 Å². The molecular weight excluding hydrogens is 397 g/mol. The Kier molecular flexibility index (Phi) is 5.36. The molecule has 26 heavy (non-hydrogen) atoms. The lowest BCUT2D eigenvalue weighted by Gasteiger charge is -2.12. The van der Waals surface area contributed by atoms with Crippen LogP contribution in [0.1, 0.15) is 21.5 Å². The molecule has 0 bridgehead atoms. The summed E-state index contributed by atoms with van der Waals surface area (Å²) in [5.74, 6) is -1.50. The summed E-state index contributed by atoms with van der Waals surface area (Å²) in [6.45, 7) is 0.0774. The second-order valence-corrected chi connectivity index (χ2v) is 7.25. The van der Waals surface area contributed by atoms with E-state index in [-0.39, 0.29) is 17.0 Å². The van der Waals surface area contributed by atoms with Crippen LogP contribution in [-0.4, -0.2) is 27.1 Å². The van der Waals surface area contributed by atoms with E-state index in [1.54, 1.807) is 30.3 Å². The largest absolute Gasteiger partial charge is 0.478 e. The minimum Gasteiger partial charge on any atom is -0.478 e. The molecule has 0 spiro atoms. The van der Waals surface area contributed by atoms with Gasteiger partial charge in [-0.15, -0.1) is 0 Å². The molecule has 2 amide bonds. The Balaban J connectivity index is 1.83. The van der Waals surface area contributed by atoms with Crippen LogP contribution in [0.15, 0.2) is 47.4 Å². The fourth-order valence-electron chi connectivity index (χ4n) is 2.37. The Morgan fingerprint density at radius 1 is 1.12 bits per heavy atom. The lowest BCUT2D eigenvalue weighted by molar-refractivity contribution is -0.123. The lowest BCUT2D eigenvalue weighted by Crippen LogP contribution is -2.27. The number of hydrogen-bond donors (Lipinski definition) is 1. The predicted molar refractivity (Wildman–Crippen MR) is 101 cm³/mol. The first kappa shape index (κ1) is 18.5. The number of imide groups is 1. The summed E-state index contributed by atoms with van der Waals surface area (Å²) < 4.78 is 0. The summed E-state index contributed by atoms with van der Waals surface area (Å²) in [5.41, 5.74) is 1.31. The highest BCUT2D eigenvalue weighted by Gasteiger charge is 2.35. The van der Waals surface area contributed by atoms with Crippen molar-refractivity contribution in [3.8, 4) is 0 Å². The highest BCUT2D eigenvalue weighted by atomic mass is 35.5. The van der Waals surface area contributed by atoms with Gasteiger partial charge in [0.2, 0.25) is 0 Å². The molecule has 3 rings (SSSR count). The molecule has 1 aliphatic rings. The first-order valence-corrected chi connectivity index (χ1v) is 8.95. The number of hydrogen-bond acceptors (Lipinski definition) is 4. The van der Waals surface area contributed by atoms with E-state index >= 15 is 0 Å². The number of halogens is 2. The first-order valence-electron chi connectivity index (χ1n) is 7.38. The summed E-state index contributed by atoms with van der Waals surface area (Å²) in [7, 11) is 0. The molecule has 1 heterocycles. The summed E-state index contributed by atoms with van der Waals surface area (Å²) >= 11 is 12.6. The average Bonchev–Trinajstić information content (AvgIpc) is 2.86. The molecule has 1 aliphatic heterocycles. The third-order valence-corrected chi connectivity index (χ3v) is 5.28. The van der Waals surface area contributed by atoms with Crippen LogP contribution in [0.2, 0.25) is 10.0 Å². The fourth-order valence-corrected chi connectivity index (χ4v) is 3.53. The van der Waals surface area contributed by atoms with Crippen molar-refractivity contribution in [1.82, 2.24) is 4.90 Å². The summed E-state index contributed by atoms with van der Waals surface area (Å²) in [4.78, 5) is 37.1. The normalized spacial score (nSPS) is 15.8. The number of carbonyl (C=O) groups excluding carboxylic acids is 2. The van der Waals surface area contributed by atoms with Crippen molar-refractivity contribution < 1.29 is 19.5 Å². The van der Waals surface area contributed by atoms with E-state index in [0.717, 1.165) is 16.7 Å². The molecule has 0 saturated carbocycles. The van der Waals surface area contributed by atoms with Gasteiger partial charge in [0.25, 0.3) is 11.1 Å². The molecule has 0 unspecified atom stereocenters. The number of carboxylic acids is 1. The van der Waals surface area contributed by atoms with Crippen LogP contribution in [0.25, 0.3) is 6.08 Å². The van der Waals surface area contributed by atoms with Crippen molar-refractivity contribution >= 4 is 58.2 Å². The number of benzene rings is 2. The van der Waals surface area contributed by atoms with Crippen LogP contribution in [0.5, 0.6) is 0 Å². The number of nitrogens with zero attached hydrogens (tertiary/aromatic N) is 1. The SMILES string of the molecule is O=C(O)c1cccc(/C=C2/SC(=O)N(Cc3ccc(Cl)c(Cl)c3)C2=O)c1. The molecule has 1 saturated heterocycles. The Morgan fingerprint density at radius 3 is 2.58 bits per heavy atom. The maximum Gasteiger partial charge on any atom is 0.335 e. The van der Waals surface area contributed by atoms with E-state index < -0.39 is 17.1 Å². The molecule has 0 atom stereocenters. The molecule has 1 fully saturated rings.